The van der Waals surface area contributed by atoms with Gasteiger partial charge in [0.15, 0.2) is 0 Å². The van der Waals surface area contributed by atoms with Gasteiger partial charge in [-0.1, -0.05) is 91.6 Å². The van der Waals surface area contributed by atoms with Gasteiger partial charge in [0.25, 0.3) is 0 Å². The van der Waals surface area contributed by atoms with Crippen molar-refractivity contribution in [1.29, 1.82) is 0 Å². The minimum absolute atomic E-state index is 0. The standard InChI is InChI=1S/C13H15N2.C6H18NSi2.Sm/c1-10-5-3-6-11(2)13(10)15-9-12-7-4-8-14-12;1-8(2,3)7-9(4,5)6;/h3-8,14H,9H2,1-2H3;1-6H3;/q2*-1;. The van der Waals surface area contributed by atoms with Crippen LogP contribution < -0.4 is 0 Å². The number of rotatable bonds is 5. The molecule has 1 aromatic heterocycles. The van der Waals surface area contributed by atoms with Gasteiger partial charge < -0.3 is 14.9 Å². The van der Waals surface area contributed by atoms with Crippen molar-refractivity contribution in [3.8, 4) is 0 Å². The summed E-state index contributed by atoms with van der Waals surface area (Å²) in [4.78, 5) is 3.15. The molecular weight excluding hydrogens is 477 g/mol. The van der Waals surface area contributed by atoms with Crippen LogP contribution in [0.15, 0.2) is 36.5 Å². The maximum Gasteiger partial charge on any atom is 0.000699 e. The molecule has 0 aliphatic rings. The first-order valence-corrected chi connectivity index (χ1v) is 15.5. The summed E-state index contributed by atoms with van der Waals surface area (Å²) in [5, 5.41) is 4.62. The van der Waals surface area contributed by atoms with E-state index in [0.29, 0.717) is 0 Å². The van der Waals surface area contributed by atoms with Crippen LogP contribution in [0.2, 0.25) is 39.3 Å². The summed E-state index contributed by atoms with van der Waals surface area (Å²) in [6, 6.07) is 10.3. The Hall–Kier alpha value is 0.0314. The zero-order valence-corrected chi connectivity index (χ0v) is 21.6. The largest absolute Gasteiger partial charge is 0.679 e. The summed E-state index contributed by atoms with van der Waals surface area (Å²) < 4.78 is 4.82. The molecule has 1 heterocycles. The Morgan fingerprint density at radius 2 is 1.36 bits per heavy atom. The van der Waals surface area contributed by atoms with Crippen molar-refractivity contribution in [3.05, 3.63) is 63.3 Å². The van der Waals surface area contributed by atoms with Crippen LogP contribution >= 0.6 is 0 Å². The predicted octanol–water partition coefficient (Wildman–Crippen LogP) is 6.87. The molecule has 0 saturated carbocycles. The fourth-order valence-electron chi connectivity index (χ4n) is 2.69. The third-order valence-corrected chi connectivity index (χ3v) is 8.55. The van der Waals surface area contributed by atoms with Crippen LogP contribution in [0.4, 0.5) is 5.69 Å². The second kappa shape index (κ2) is 11.0. The van der Waals surface area contributed by atoms with E-state index in [4.69, 9.17) is 4.65 Å². The Morgan fingerprint density at radius 1 is 0.840 bits per heavy atom. The average molecular weight is 510 g/mol. The van der Waals surface area contributed by atoms with Gasteiger partial charge in [-0.15, -0.1) is 5.69 Å². The molecule has 140 valence electrons. The van der Waals surface area contributed by atoms with E-state index in [1.165, 1.54) is 11.1 Å². The first kappa shape index (κ1) is 25.0. The molecule has 0 unspecified atom stereocenters. The van der Waals surface area contributed by atoms with E-state index in [2.05, 4.69) is 87.7 Å². The molecule has 0 aliphatic heterocycles. The number of nitrogens with one attached hydrogen (secondary N) is 1. The van der Waals surface area contributed by atoms with Gasteiger partial charge in [0.1, 0.15) is 0 Å². The maximum absolute atomic E-state index is 4.82. The second-order valence-corrected chi connectivity index (χ2v) is 17.8. The molecule has 0 amide bonds. The van der Waals surface area contributed by atoms with Crippen molar-refractivity contribution in [2.75, 3.05) is 0 Å². The first-order chi connectivity index (χ1) is 11.0. The molecule has 0 aliphatic carbocycles. The SMILES string of the molecule is C[Si](C)(C)[N-][Si](C)(C)C.Cc1cccc(C)c1[N-]Cc1ccc[nH]1.[Sm]. The fourth-order valence-corrected chi connectivity index (χ4v) is 10.7. The van der Waals surface area contributed by atoms with Gasteiger partial charge in [0.2, 0.25) is 0 Å². The minimum atomic E-state index is -1.11. The van der Waals surface area contributed by atoms with E-state index in [0.717, 1.165) is 17.9 Å². The normalized spacial score (nSPS) is 11.2. The van der Waals surface area contributed by atoms with Gasteiger partial charge in [-0.25, -0.2) is 0 Å². The number of aromatic nitrogens is 1. The number of aromatic amines is 1. The van der Waals surface area contributed by atoms with Gasteiger partial charge in [0.05, 0.1) is 0 Å². The number of hydrogen-bond donors (Lipinski definition) is 1. The molecule has 0 bridgehead atoms. The zero-order chi connectivity index (χ0) is 18.4. The van der Waals surface area contributed by atoms with Crippen LogP contribution in [0.3, 0.4) is 0 Å². The van der Waals surface area contributed by atoms with E-state index in [1.807, 2.05) is 12.3 Å². The van der Waals surface area contributed by atoms with E-state index in [1.54, 1.807) is 0 Å². The molecule has 1 aromatic carbocycles. The van der Waals surface area contributed by atoms with E-state index in [-0.39, 0.29) is 40.4 Å². The quantitative estimate of drug-likeness (QED) is 0.428. The number of hydrogen-bond acceptors (Lipinski definition) is 0. The summed E-state index contributed by atoms with van der Waals surface area (Å²) in [6.45, 7) is 18.7. The predicted molar refractivity (Wildman–Crippen MR) is 113 cm³/mol. The van der Waals surface area contributed by atoms with Gasteiger partial charge in [-0.2, -0.15) is 0 Å². The van der Waals surface area contributed by atoms with Crippen molar-refractivity contribution in [2.45, 2.75) is 59.7 Å². The van der Waals surface area contributed by atoms with Crippen LogP contribution in [0, 0.1) is 54.2 Å². The zero-order valence-electron chi connectivity index (χ0n) is 17.0. The summed E-state index contributed by atoms with van der Waals surface area (Å²) in [5.41, 5.74) is 4.74. The third-order valence-electron chi connectivity index (χ3n) is 3.18. The summed E-state index contributed by atoms with van der Waals surface area (Å²) in [6.07, 6.45) is 1.93. The number of H-pyrrole nitrogens is 1. The molecule has 0 spiro atoms. The van der Waals surface area contributed by atoms with Gasteiger partial charge in [0, 0.05) is 46.6 Å². The molecule has 6 heteroatoms. The minimum Gasteiger partial charge on any atom is -0.679 e. The van der Waals surface area contributed by atoms with Crippen LogP contribution in [0.5, 0.6) is 0 Å². The number of aryl methyl sites for hydroxylation is 2. The number of para-hydroxylation sites is 1. The Bertz CT molecular complexity index is 582. The molecular formula is C19H33N3Si2Sm-2. The Labute approximate surface area is 189 Å². The summed E-state index contributed by atoms with van der Waals surface area (Å²) in [7, 11) is -2.21. The topological polar surface area (TPSA) is 44.0 Å². The summed E-state index contributed by atoms with van der Waals surface area (Å²) >= 11 is 0. The van der Waals surface area contributed by atoms with Crippen LogP contribution in [-0.2, 0) is 6.54 Å². The summed E-state index contributed by atoms with van der Waals surface area (Å²) in [5.74, 6) is 0. The van der Waals surface area contributed by atoms with E-state index in [9.17, 15) is 0 Å². The molecule has 0 atom stereocenters. The van der Waals surface area contributed by atoms with Crippen molar-refractivity contribution < 1.29 is 40.4 Å². The molecule has 0 saturated heterocycles. The smallest absolute Gasteiger partial charge is 0.000699 e. The monoisotopic (exact) mass is 511 g/mol. The van der Waals surface area contributed by atoms with Crippen molar-refractivity contribution in [1.82, 2.24) is 4.98 Å². The third kappa shape index (κ3) is 11.4. The van der Waals surface area contributed by atoms with Crippen molar-refractivity contribution in [2.24, 2.45) is 0 Å². The van der Waals surface area contributed by atoms with Gasteiger partial charge >= 0.3 is 0 Å². The molecule has 2 aromatic rings. The Balaban J connectivity index is 0.000000504. The van der Waals surface area contributed by atoms with E-state index >= 15 is 0 Å². The van der Waals surface area contributed by atoms with Gasteiger partial charge in [-0.3, -0.25) is 0 Å². The van der Waals surface area contributed by atoms with Crippen molar-refractivity contribution in [3.63, 3.8) is 0 Å². The molecule has 2 rings (SSSR count). The number of nitrogens with zero attached hydrogens (tertiary/aromatic N) is 2. The Morgan fingerprint density at radius 3 is 1.72 bits per heavy atom. The maximum atomic E-state index is 4.82. The molecule has 3 nitrogen and oxygen atoms in total. The first-order valence-electron chi connectivity index (χ1n) is 8.58. The molecule has 25 heavy (non-hydrogen) atoms. The molecule has 0 fully saturated rings. The molecule has 1 N–H and O–H groups in total. The Kier molecular flexibility index (Phi) is 11.0. The van der Waals surface area contributed by atoms with Crippen LogP contribution in [-0.4, -0.2) is 21.5 Å². The van der Waals surface area contributed by atoms with Crippen LogP contribution in [0.25, 0.3) is 9.96 Å². The van der Waals surface area contributed by atoms with E-state index < -0.39 is 16.5 Å². The van der Waals surface area contributed by atoms with Crippen molar-refractivity contribution >= 4 is 22.2 Å². The number of benzene rings is 1. The fraction of sp³-hybridized carbons (Fsp3) is 0.474. The molecule has 0 radical (unpaired) electrons. The van der Waals surface area contributed by atoms with Gasteiger partial charge in [-0.05, 0) is 31.7 Å². The second-order valence-electron chi connectivity index (χ2n) is 8.21. The van der Waals surface area contributed by atoms with Crippen LogP contribution in [0.1, 0.15) is 16.8 Å². The average Bonchev–Trinajstić information content (AvgIpc) is 2.87.